The Morgan fingerprint density at radius 2 is 1.91 bits per heavy atom. The maximum atomic E-state index is 13.0. The van der Waals surface area contributed by atoms with Gasteiger partial charge in [-0.25, -0.2) is 13.4 Å². The van der Waals surface area contributed by atoms with Crippen LogP contribution in [0.25, 0.3) is 0 Å². The van der Waals surface area contributed by atoms with Crippen molar-refractivity contribution in [3.05, 3.63) is 48.5 Å². The predicted molar refractivity (Wildman–Crippen MR) is 75.9 cm³/mol. The molecule has 0 unspecified atom stereocenters. The van der Waals surface area contributed by atoms with Gasteiger partial charge in [0.15, 0.2) is 0 Å². The first kappa shape index (κ1) is 16.0. The number of aromatic nitrogens is 2. The van der Waals surface area contributed by atoms with E-state index in [2.05, 4.69) is 4.98 Å². The first-order valence-electron chi connectivity index (χ1n) is 6.90. The number of sulfonamides is 1. The minimum Gasteiger partial charge on any atom is -0.337 e. The Morgan fingerprint density at radius 1 is 1.22 bits per heavy atom. The van der Waals surface area contributed by atoms with Gasteiger partial charge < -0.3 is 4.57 Å². The van der Waals surface area contributed by atoms with Crippen LogP contribution in [0.15, 0.2) is 47.9 Å². The van der Waals surface area contributed by atoms with E-state index in [0.29, 0.717) is 6.54 Å². The second-order valence-corrected chi connectivity index (χ2v) is 7.35. The minimum absolute atomic E-state index is 0.0667. The molecule has 1 aliphatic heterocycles. The summed E-state index contributed by atoms with van der Waals surface area (Å²) in [7, 11) is -4.14. The molecule has 0 spiro atoms. The first-order valence-corrected chi connectivity index (χ1v) is 8.34. The monoisotopic (exact) mass is 345 g/mol. The number of hydrogen-bond donors (Lipinski definition) is 0. The second-order valence-electron chi connectivity index (χ2n) is 5.44. The molecule has 0 saturated carbocycles. The van der Waals surface area contributed by atoms with E-state index in [9.17, 15) is 21.6 Å². The lowest BCUT2D eigenvalue weighted by Gasteiger charge is -2.38. The van der Waals surface area contributed by atoms with Crippen molar-refractivity contribution in [2.24, 2.45) is 5.92 Å². The molecule has 124 valence electrons. The van der Waals surface area contributed by atoms with E-state index in [1.807, 2.05) is 4.57 Å². The molecule has 0 aliphatic carbocycles. The Labute approximate surface area is 131 Å². The van der Waals surface area contributed by atoms with Gasteiger partial charge in [0.1, 0.15) is 0 Å². The van der Waals surface area contributed by atoms with Crippen LogP contribution >= 0.6 is 0 Å². The van der Waals surface area contributed by atoms with E-state index >= 15 is 0 Å². The number of nitrogens with zero attached hydrogens (tertiary/aromatic N) is 3. The molecule has 0 amide bonds. The lowest BCUT2D eigenvalue weighted by Crippen LogP contribution is -2.51. The molecule has 0 bridgehead atoms. The van der Waals surface area contributed by atoms with Gasteiger partial charge in [0, 0.05) is 37.9 Å². The zero-order valence-corrected chi connectivity index (χ0v) is 12.8. The Kier molecular flexibility index (Phi) is 3.93. The maximum absolute atomic E-state index is 13.0. The van der Waals surface area contributed by atoms with Gasteiger partial charge in [0.05, 0.1) is 16.8 Å². The SMILES string of the molecule is O=S(=O)(c1ccccc1C(F)(F)F)N1CC(Cn2ccnc2)C1. The highest BCUT2D eigenvalue weighted by Crippen LogP contribution is 2.36. The van der Waals surface area contributed by atoms with E-state index in [1.165, 1.54) is 12.1 Å². The van der Waals surface area contributed by atoms with E-state index in [1.54, 1.807) is 18.7 Å². The third-order valence-corrected chi connectivity index (χ3v) is 5.65. The summed E-state index contributed by atoms with van der Waals surface area (Å²) in [6, 6.07) is 4.27. The van der Waals surface area contributed by atoms with Gasteiger partial charge in [0.2, 0.25) is 10.0 Å². The minimum atomic E-state index is -4.70. The van der Waals surface area contributed by atoms with Crippen molar-refractivity contribution in [2.45, 2.75) is 17.6 Å². The fourth-order valence-corrected chi connectivity index (χ4v) is 4.40. The van der Waals surface area contributed by atoms with Gasteiger partial charge >= 0.3 is 6.18 Å². The third kappa shape index (κ3) is 3.11. The zero-order valence-electron chi connectivity index (χ0n) is 11.9. The van der Waals surface area contributed by atoms with Gasteiger partial charge in [0.25, 0.3) is 0 Å². The van der Waals surface area contributed by atoms with Crippen molar-refractivity contribution in [3.8, 4) is 0 Å². The second kappa shape index (κ2) is 5.64. The van der Waals surface area contributed by atoms with Crippen molar-refractivity contribution < 1.29 is 21.6 Å². The molecule has 1 aromatic heterocycles. The number of rotatable bonds is 4. The number of halogens is 3. The largest absolute Gasteiger partial charge is 0.417 e. The average molecular weight is 345 g/mol. The quantitative estimate of drug-likeness (QED) is 0.854. The first-order chi connectivity index (χ1) is 10.8. The van der Waals surface area contributed by atoms with E-state index in [-0.39, 0.29) is 19.0 Å². The number of hydrogen-bond acceptors (Lipinski definition) is 3. The fraction of sp³-hybridized carbons (Fsp3) is 0.357. The van der Waals surface area contributed by atoms with Crippen LogP contribution in [-0.2, 0) is 22.7 Å². The molecule has 0 N–H and O–H groups in total. The van der Waals surface area contributed by atoms with Crippen molar-refractivity contribution >= 4 is 10.0 Å². The molecule has 2 heterocycles. The van der Waals surface area contributed by atoms with Crippen molar-refractivity contribution in [1.82, 2.24) is 13.9 Å². The molecule has 0 atom stereocenters. The van der Waals surface area contributed by atoms with Crippen LogP contribution in [0.3, 0.4) is 0 Å². The van der Waals surface area contributed by atoms with Gasteiger partial charge in [-0.05, 0) is 12.1 Å². The Balaban J connectivity index is 1.77. The third-order valence-electron chi connectivity index (χ3n) is 3.76. The van der Waals surface area contributed by atoms with Crippen molar-refractivity contribution in [3.63, 3.8) is 0 Å². The van der Waals surface area contributed by atoms with Gasteiger partial charge in [-0.3, -0.25) is 0 Å². The molecule has 0 radical (unpaired) electrons. The van der Waals surface area contributed by atoms with Gasteiger partial charge in [-0.2, -0.15) is 17.5 Å². The number of benzene rings is 1. The summed E-state index contributed by atoms with van der Waals surface area (Å²) in [6.07, 6.45) is 0.295. The Bertz CT molecular complexity index is 782. The highest BCUT2D eigenvalue weighted by Gasteiger charge is 2.42. The van der Waals surface area contributed by atoms with Crippen LogP contribution in [0.2, 0.25) is 0 Å². The molecule has 5 nitrogen and oxygen atoms in total. The van der Waals surface area contributed by atoms with Crippen molar-refractivity contribution in [1.29, 1.82) is 0 Å². The Hall–Kier alpha value is -1.87. The molecular weight excluding hydrogens is 331 g/mol. The van der Waals surface area contributed by atoms with Crippen LogP contribution in [0.4, 0.5) is 13.2 Å². The zero-order chi connectivity index (χ0) is 16.7. The van der Waals surface area contributed by atoms with Crippen LogP contribution < -0.4 is 0 Å². The van der Waals surface area contributed by atoms with E-state index in [4.69, 9.17) is 0 Å². The molecular formula is C14H14F3N3O2S. The number of alkyl halides is 3. The molecule has 23 heavy (non-hydrogen) atoms. The molecule has 1 fully saturated rings. The van der Waals surface area contributed by atoms with Crippen LogP contribution in [0, 0.1) is 5.92 Å². The summed E-state index contributed by atoms with van der Waals surface area (Å²) in [5, 5.41) is 0. The molecule has 1 aromatic carbocycles. The highest BCUT2D eigenvalue weighted by atomic mass is 32.2. The molecule has 1 aliphatic rings. The Morgan fingerprint density at radius 3 is 2.52 bits per heavy atom. The normalized spacial score (nSPS) is 17.2. The molecule has 1 saturated heterocycles. The topological polar surface area (TPSA) is 55.2 Å². The lowest BCUT2D eigenvalue weighted by atomic mass is 10.0. The van der Waals surface area contributed by atoms with Gasteiger partial charge in [-0.1, -0.05) is 12.1 Å². The van der Waals surface area contributed by atoms with E-state index in [0.717, 1.165) is 16.4 Å². The van der Waals surface area contributed by atoms with Crippen LogP contribution in [0.1, 0.15) is 5.56 Å². The summed E-state index contributed by atoms with van der Waals surface area (Å²) >= 11 is 0. The average Bonchev–Trinajstić information content (AvgIpc) is 2.94. The summed E-state index contributed by atoms with van der Waals surface area (Å²) in [5.41, 5.74) is -1.13. The molecule has 3 rings (SSSR count). The van der Waals surface area contributed by atoms with E-state index < -0.39 is 26.7 Å². The smallest absolute Gasteiger partial charge is 0.337 e. The molecule has 2 aromatic rings. The predicted octanol–water partition coefficient (Wildman–Crippen LogP) is 2.22. The summed E-state index contributed by atoms with van der Waals surface area (Å²) in [6.45, 7) is 0.992. The summed E-state index contributed by atoms with van der Waals surface area (Å²) in [5.74, 6) is 0.0667. The van der Waals surface area contributed by atoms with Crippen molar-refractivity contribution in [2.75, 3.05) is 13.1 Å². The lowest BCUT2D eigenvalue weighted by molar-refractivity contribution is -0.139. The fourth-order valence-electron chi connectivity index (χ4n) is 2.59. The molecule has 9 heteroatoms. The van der Waals surface area contributed by atoms with Gasteiger partial charge in [-0.15, -0.1) is 0 Å². The summed E-state index contributed by atoms with van der Waals surface area (Å²) < 4.78 is 66.8. The highest BCUT2D eigenvalue weighted by molar-refractivity contribution is 7.89. The number of imidazole rings is 1. The maximum Gasteiger partial charge on any atom is 0.417 e. The van der Waals surface area contributed by atoms with Crippen LogP contribution in [-0.4, -0.2) is 35.4 Å². The van der Waals surface area contributed by atoms with Crippen LogP contribution in [0.5, 0.6) is 0 Å². The summed E-state index contributed by atoms with van der Waals surface area (Å²) in [4.78, 5) is 3.21. The standard InChI is InChI=1S/C14H14F3N3O2S/c15-14(16,17)12-3-1-2-4-13(12)23(21,22)20-8-11(9-20)7-19-6-5-18-10-19/h1-6,10-11H,7-9H2.